The maximum atomic E-state index is 12.6. The first-order valence-corrected chi connectivity index (χ1v) is 7.17. The number of nitrogen functional groups attached to an aromatic ring is 1. The molecule has 0 unspecified atom stereocenters. The molecule has 19 heavy (non-hydrogen) atoms. The minimum absolute atomic E-state index is 0.151. The molecule has 1 aromatic carbocycles. The Kier molecular flexibility index (Phi) is 3.83. The molecule has 0 spiro atoms. The van der Waals surface area contributed by atoms with Crippen molar-refractivity contribution in [3.8, 4) is 0 Å². The highest BCUT2D eigenvalue weighted by Crippen LogP contribution is 2.42. The number of carbonyl (C=O) groups excluding carboxylic acids is 1. The van der Waals surface area contributed by atoms with Crippen molar-refractivity contribution in [2.75, 3.05) is 11.1 Å². The van der Waals surface area contributed by atoms with E-state index in [-0.39, 0.29) is 11.3 Å². The van der Waals surface area contributed by atoms with Gasteiger partial charge in [0.05, 0.1) is 0 Å². The predicted molar refractivity (Wildman–Crippen MR) is 80.2 cm³/mol. The van der Waals surface area contributed by atoms with Gasteiger partial charge in [0.2, 0.25) is 5.91 Å². The highest BCUT2D eigenvalue weighted by molar-refractivity contribution is 5.96. The van der Waals surface area contributed by atoms with Gasteiger partial charge in [-0.2, -0.15) is 0 Å². The fourth-order valence-corrected chi connectivity index (χ4v) is 3.02. The summed E-state index contributed by atoms with van der Waals surface area (Å²) in [7, 11) is 0. The van der Waals surface area contributed by atoms with Crippen molar-refractivity contribution in [2.45, 2.75) is 52.9 Å². The van der Waals surface area contributed by atoms with Crippen molar-refractivity contribution in [2.24, 2.45) is 5.41 Å². The summed E-state index contributed by atoms with van der Waals surface area (Å²) in [6, 6.07) is 3.90. The number of aryl methyl sites for hydroxylation is 2. The zero-order valence-corrected chi connectivity index (χ0v) is 12.2. The third kappa shape index (κ3) is 2.60. The highest BCUT2D eigenvalue weighted by atomic mass is 16.2. The molecular weight excluding hydrogens is 236 g/mol. The first kappa shape index (κ1) is 13.9. The number of nitrogens with two attached hydrogens (primary N) is 1. The van der Waals surface area contributed by atoms with Gasteiger partial charge in [-0.25, -0.2) is 0 Å². The van der Waals surface area contributed by atoms with Crippen LogP contribution in [-0.4, -0.2) is 5.91 Å². The summed E-state index contributed by atoms with van der Waals surface area (Å²) in [6.07, 6.45) is 5.29. The Hall–Kier alpha value is -1.51. The SMILES string of the molecule is CCC1(C(=O)Nc2cc(C)c(N)cc2C)CCCC1. The van der Waals surface area contributed by atoms with Crippen LogP contribution in [0.2, 0.25) is 0 Å². The van der Waals surface area contributed by atoms with Crippen LogP contribution in [0.3, 0.4) is 0 Å². The molecule has 1 aliphatic carbocycles. The van der Waals surface area contributed by atoms with Gasteiger partial charge in [-0.15, -0.1) is 0 Å². The number of hydrogen-bond donors (Lipinski definition) is 2. The fraction of sp³-hybridized carbons (Fsp3) is 0.562. The summed E-state index contributed by atoms with van der Waals surface area (Å²) in [6.45, 7) is 6.07. The Labute approximate surface area is 115 Å². The third-order valence-corrected chi connectivity index (χ3v) is 4.58. The molecule has 3 heteroatoms. The molecule has 0 aliphatic heterocycles. The molecule has 3 N–H and O–H groups in total. The molecule has 0 bridgehead atoms. The number of nitrogens with one attached hydrogen (secondary N) is 1. The van der Waals surface area contributed by atoms with E-state index in [9.17, 15) is 4.79 Å². The van der Waals surface area contributed by atoms with Crippen LogP contribution < -0.4 is 11.1 Å². The van der Waals surface area contributed by atoms with Gasteiger partial charge in [0, 0.05) is 16.8 Å². The Balaban J connectivity index is 2.21. The molecule has 3 nitrogen and oxygen atoms in total. The fourth-order valence-electron chi connectivity index (χ4n) is 3.02. The Morgan fingerprint density at radius 2 is 1.89 bits per heavy atom. The minimum atomic E-state index is -0.151. The van der Waals surface area contributed by atoms with Crippen molar-refractivity contribution < 1.29 is 4.79 Å². The standard InChI is InChI=1S/C16H24N2O/c1-4-16(7-5-6-8-16)15(19)18-14-10-11(2)13(17)9-12(14)3/h9-10H,4-8,17H2,1-3H3,(H,18,19). The van der Waals surface area contributed by atoms with E-state index in [1.54, 1.807) is 0 Å². The van der Waals surface area contributed by atoms with Crippen molar-refractivity contribution >= 4 is 17.3 Å². The summed E-state index contributed by atoms with van der Waals surface area (Å²) in [4.78, 5) is 12.6. The van der Waals surface area contributed by atoms with E-state index in [4.69, 9.17) is 5.73 Å². The van der Waals surface area contributed by atoms with E-state index >= 15 is 0 Å². The van der Waals surface area contributed by atoms with Crippen molar-refractivity contribution in [3.63, 3.8) is 0 Å². The van der Waals surface area contributed by atoms with E-state index in [2.05, 4.69) is 12.2 Å². The van der Waals surface area contributed by atoms with Gasteiger partial charge in [0.25, 0.3) is 0 Å². The third-order valence-electron chi connectivity index (χ3n) is 4.58. The molecule has 1 aliphatic rings. The predicted octanol–water partition coefficient (Wildman–Crippen LogP) is 3.79. The maximum Gasteiger partial charge on any atom is 0.230 e. The maximum absolute atomic E-state index is 12.6. The number of amides is 1. The first-order valence-electron chi connectivity index (χ1n) is 7.17. The summed E-state index contributed by atoms with van der Waals surface area (Å²) in [5.74, 6) is 0.180. The minimum Gasteiger partial charge on any atom is -0.399 e. The largest absolute Gasteiger partial charge is 0.399 e. The molecule has 1 aromatic rings. The molecule has 0 aromatic heterocycles. The molecule has 0 radical (unpaired) electrons. The van der Waals surface area contributed by atoms with Crippen molar-refractivity contribution in [1.29, 1.82) is 0 Å². The van der Waals surface area contributed by atoms with Crippen LogP contribution >= 0.6 is 0 Å². The highest BCUT2D eigenvalue weighted by Gasteiger charge is 2.39. The van der Waals surface area contributed by atoms with Gasteiger partial charge < -0.3 is 11.1 Å². The lowest BCUT2D eigenvalue weighted by Gasteiger charge is -2.26. The second-order valence-corrected chi connectivity index (χ2v) is 5.82. The van der Waals surface area contributed by atoms with Crippen LogP contribution in [0, 0.1) is 19.3 Å². The van der Waals surface area contributed by atoms with Gasteiger partial charge in [0.1, 0.15) is 0 Å². The summed E-state index contributed by atoms with van der Waals surface area (Å²) < 4.78 is 0. The lowest BCUT2D eigenvalue weighted by atomic mass is 9.82. The van der Waals surface area contributed by atoms with Crippen LogP contribution in [0.25, 0.3) is 0 Å². The van der Waals surface area contributed by atoms with E-state index in [0.29, 0.717) is 0 Å². The lowest BCUT2D eigenvalue weighted by molar-refractivity contribution is -0.125. The molecule has 0 saturated heterocycles. The van der Waals surface area contributed by atoms with Crippen LogP contribution in [0.1, 0.15) is 50.2 Å². The van der Waals surface area contributed by atoms with Crippen LogP contribution in [0.4, 0.5) is 11.4 Å². The normalized spacial score (nSPS) is 17.4. The zero-order chi connectivity index (χ0) is 14.0. The molecule has 0 heterocycles. The number of hydrogen-bond acceptors (Lipinski definition) is 2. The lowest BCUT2D eigenvalue weighted by Crippen LogP contribution is -2.33. The number of anilines is 2. The Morgan fingerprint density at radius 3 is 2.47 bits per heavy atom. The number of rotatable bonds is 3. The van der Waals surface area contributed by atoms with E-state index < -0.39 is 0 Å². The summed E-state index contributed by atoms with van der Waals surface area (Å²) in [5.41, 5.74) is 9.45. The summed E-state index contributed by atoms with van der Waals surface area (Å²) in [5, 5.41) is 3.12. The molecule has 1 saturated carbocycles. The second kappa shape index (κ2) is 5.24. The Bertz CT molecular complexity index is 488. The monoisotopic (exact) mass is 260 g/mol. The van der Waals surface area contributed by atoms with E-state index in [1.807, 2.05) is 26.0 Å². The van der Waals surface area contributed by atoms with Crippen LogP contribution in [0.5, 0.6) is 0 Å². The summed E-state index contributed by atoms with van der Waals surface area (Å²) >= 11 is 0. The average Bonchev–Trinajstić information content (AvgIpc) is 2.86. The number of benzene rings is 1. The van der Waals surface area contributed by atoms with Crippen LogP contribution in [-0.2, 0) is 4.79 Å². The van der Waals surface area contributed by atoms with E-state index in [0.717, 1.165) is 41.8 Å². The quantitative estimate of drug-likeness (QED) is 0.812. The topological polar surface area (TPSA) is 55.1 Å². The molecular formula is C16H24N2O. The zero-order valence-electron chi connectivity index (χ0n) is 12.2. The smallest absolute Gasteiger partial charge is 0.230 e. The molecule has 104 valence electrons. The second-order valence-electron chi connectivity index (χ2n) is 5.82. The van der Waals surface area contributed by atoms with Crippen molar-refractivity contribution in [3.05, 3.63) is 23.3 Å². The van der Waals surface area contributed by atoms with E-state index in [1.165, 1.54) is 12.8 Å². The molecule has 1 amide bonds. The van der Waals surface area contributed by atoms with Crippen LogP contribution in [0.15, 0.2) is 12.1 Å². The average molecular weight is 260 g/mol. The van der Waals surface area contributed by atoms with Gasteiger partial charge >= 0.3 is 0 Å². The molecule has 1 fully saturated rings. The molecule has 2 rings (SSSR count). The van der Waals surface area contributed by atoms with Crippen molar-refractivity contribution in [1.82, 2.24) is 0 Å². The number of carbonyl (C=O) groups is 1. The van der Waals surface area contributed by atoms with Gasteiger partial charge in [0.15, 0.2) is 0 Å². The van der Waals surface area contributed by atoms with Gasteiger partial charge in [-0.3, -0.25) is 4.79 Å². The van der Waals surface area contributed by atoms with Gasteiger partial charge in [-0.1, -0.05) is 19.8 Å². The molecule has 0 atom stereocenters. The van der Waals surface area contributed by atoms with Gasteiger partial charge in [-0.05, 0) is 56.4 Å². The Morgan fingerprint density at radius 1 is 1.26 bits per heavy atom. The first-order chi connectivity index (χ1) is 8.98.